The van der Waals surface area contributed by atoms with Crippen LogP contribution in [-0.2, 0) is 14.3 Å². The van der Waals surface area contributed by atoms with Gasteiger partial charge in [0.05, 0.1) is 7.11 Å². The average molecular weight is 491 g/mol. The van der Waals surface area contributed by atoms with Crippen LogP contribution in [0.2, 0.25) is 0 Å². The average Bonchev–Trinajstić information content (AvgIpc) is 2.87. The van der Waals surface area contributed by atoms with Crippen molar-refractivity contribution in [2.45, 2.75) is 63.9 Å². The largest absolute Gasteiger partial charge is 0.503 e. The zero-order valence-corrected chi connectivity index (χ0v) is 20.0. The molecule has 1 saturated heterocycles. The van der Waals surface area contributed by atoms with Gasteiger partial charge < -0.3 is 29.4 Å². The monoisotopic (exact) mass is 490 g/mol. The van der Waals surface area contributed by atoms with Crippen LogP contribution < -0.4 is 14.8 Å². The molecule has 190 valence electrons. The second-order valence-corrected chi connectivity index (χ2v) is 8.26. The van der Waals surface area contributed by atoms with Crippen molar-refractivity contribution in [1.82, 2.24) is 10.3 Å². The second-order valence-electron chi connectivity index (χ2n) is 8.26. The smallest absolute Gasteiger partial charge is 0.329 e. The van der Waals surface area contributed by atoms with Gasteiger partial charge in [-0.1, -0.05) is 13.0 Å². The fraction of sp³-hybridized carbons (Fsp3) is 0.480. The van der Waals surface area contributed by atoms with E-state index in [0.717, 1.165) is 6.42 Å². The molecule has 1 aromatic heterocycles. The third-order valence-electron chi connectivity index (χ3n) is 5.62. The number of ether oxygens (including phenoxy) is 4. The highest BCUT2D eigenvalue weighted by Crippen LogP contribution is 2.28. The molecule has 2 aromatic rings. The van der Waals surface area contributed by atoms with E-state index in [-0.39, 0.29) is 17.9 Å². The Kier molecular flexibility index (Phi) is 9.25. The molecule has 2 heterocycles. The molecule has 9 nitrogen and oxygen atoms in total. The van der Waals surface area contributed by atoms with Gasteiger partial charge in [0.1, 0.15) is 35.9 Å². The third kappa shape index (κ3) is 6.82. The topological polar surface area (TPSA) is 116 Å². The fourth-order valence-corrected chi connectivity index (χ4v) is 3.90. The molecular formula is C25H31FN2O7. The number of carbonyl (C=O) groups excluding carboxylic acids is 2. The quantitative estimate of drug-likeness (QED) is 0.541. The van der Waals surface area contributed by atoms with Crippen LogP contribution >= 0.6 is 0 Å². The number of benzene rings is 1. The van der Waals surface area contributed by atoms with Gasteiger partial charge in [0, 0.05) is 24.9 Å². The lowest BCUT2D eigenvalue weighted by Gasteiger charge is -2.31. The van der Waals surface area contributed by atoms with Crippen molar-refractivity contribution in [3.05, 3.63) is 48.0 Å². The summed E-state index contributed by atoms with van der Waals surface area (Å²) in [6.45, 7) is 4.08. The number of esters is 1. The van der Waals surface area contributed by atoms with Crippen molar-refractivity contribution in [1.29, 1.82) is 0 Å². The summed E-state index contributed by atoms with van der Waals surface area (Å²) < 4.78 is 36.4. The Morgan fingerprint density at radius 3 is 2.83 bits per heavy atom. The summed E-state index contributed by atoms with van der Waals surface area (Å²) in [5, 5.41) is 12.8. The first-order valence-electron chi connectivity index (χ1n) is 11.6. The first kappa shape index (κ1) is 26.2. The molecule has 1 aliphatic rings. The van der Waals surface area contributed by atoms with Gasteiger partial charge in [0.15, 0.2) is 17.2 Å². The van der Waals surface area contributed by atoms with E-state index in [0.29, 0.717) is 25.2 Å². The van der Waals surface area contributed by atoms with Crippen molar-refractivity contribution in [2.75, 3.05) is 13.7 Å². The Morgan fingerprint density at radius 1 is 1.31 bits per heavy atom. The number of aromatic hydroxyl groups is 1. The predicted octanol–water partition coefficient (Wildman–Crippen LogP) is 3.39. The summed E-state index contributed by atoms with van der Waals surface area (Å²) in [4.78, 5) is 29.6. The lowest BCUT2D eigenvalue weighted by atomic mass is 10.0. The van der Waals surface area contributed by atoms with Crippen molar-refractivity contribution < 1.29 is 38.0 Å². The molecule has 2 N–H and O–H groups in total. The van der Waals surface area contributed by atoms with Crippen molar-refractivity contribution in [3.8, 4) is 17.2 Å². The van der Waals surface area contributed by atoms with Gasteiger partial charge in [-0.3, -0.25) is 4.79 Å². The number of cyclic esters (lactones) is 1. The number of hydrogen-bond donors (Lipinski definition) is 2. The minimum Gasteiger partial charge on any atom is -0.503 e. The van der Waals surface area contributed by atoms with Crippen molar-refractivity contribution >= 4 is 11.9 Å². The molecule has 3 rings (SSSR count). The lowest BCUT2D eigenvalue weighted by Crippen LogP contribution is -2.46. The number of nitrogens with one attached hydrogen (secondary N) is 1. The minimum atomic E-state index is -0.975. The van der Waals surface area contributed by atoms with Gasteiger partial charge in [-0.2, -0.15) is 0 Å². The minimum absolute atomic E-state index is 0.0871. The molecule has 1 fully saturated rings. The molecule has 0 bridgehead atoms. The number of hydrogen-bond acceptors (Lipinski definition) is 8. The predicted molar refractivity (Wildman–Crippen MR) is 124 cm³/mol. The van der Waals surface area contributed by atoms with Crippen LogP contribution in [0.25, 0.3) is 0 Å². The van der Waals surface area contributed by atoms with E-state index in [1.807, 2.05) is 6.92 Å². The number of amides is 1. The molecule has 1 aromatic carbocycles. The number of rotatable bonds is 8. The van der Waals surface area contributed by atoms with Crippen molar-refractivity contribution in [2.24, 2.45) is 0 Å². The molecule has 4 atom stereocenters. The Balaban J connectivity index is 1.78. The molecule has 1 aliphatic heterocycles. The maximum Gasteiger partial charge on any atom is 0.329 e. The maximum atomic E-state index is 13.7. The normalized spacial score (nSPS) is 22.8. The van der Waals surface area contributed by atoms with E-state index in [9.17, 15) is 19.1 Å². The summed E-state index contributed by atoms with van der Waals surface area (Å²) in [6, 6.07) is 6.26. The first-order valence-corrected chi connectivity index (χ1v) is 11.6. The summed E-state index contributed by atoms with van der Waals surface area (Å²) in [5.74, 6) is -1.78. The lowest BCUT2D eigenvalue weighted by molar-refractivity contribution is -0.162. The molecule has 0 unspecified atom stereocenters. The van der Waals surface area contributed by atoms with Crippen molar-refractivity contribution in [3.63, 3.8) is 0 Å². The van der Waals surface area contributed by atoms with Gasteiger partial charge in [-0.15, -0.1) is 0 Å². The number of methoxy groups -OCH3 is 1. The highest BCUT2D eigenvalue weighted by molar-refractivity contribution is 5.97. The third-order valence-corrected chi connectivity index (χ3v) is 5.62. The molecular weight excluding hydrogens is 459 g/mol. The van der Waals surface area contributed by atoms with Gasteiger partial charge in [-0.25, -0.2) is 14.2 Å². The Hall–Kier alpha value is -3.40. The number of halogens is 1. The molecule has 10 heteroatoms. The second kappa shape index (κ2) is 12.3. The van der Waals surface area contributed by atoms with E-state index in [4.69, 9.17) is 18.9 Å². The van der Waals surface area contributed by atoms with E-state index >= 15 is 0 Å². The molecule has 0 radical (unpaired) electrons. The highest BCUT2D eigenvalue weighted by atomic mass is 19.1. The van der Waals surface area contributed by atoms with Crippen LogP contribution in [0.5, 0.6) is 17.2 Å². The molecule has 1 amide bonds. The number of carbonyl (C=O) groups is 2. The van der Waals surface area contributed by atoms with E-state index < -0.39 is 47.8 Å². The van der Waals surface area contributed by atoms with E-state index in [1.54, 1.807) is 19.1 Å². The van der Waals surface area contributed by atoms with E-state index in [2.05, 4.69) is 10.3 Å². The van der Waals surface area contributed by atoms with Crippen LogP contribution in [0.15, 0.2) is 36.5 Å². The van der Waals surface area contributed by atoms with Gasteiger partial charge in [-0.05, 0) is 44.7 Å². The number of aromatic nitrogens is 1. The van der Waals surface area contributed by atoms with Crippen LogP contribution in [0, 0.1) is 5.82 Å². The maximum absolute atomic E-state index is 13.7. The Bertz CT molecular complexity index is 1020. The summed E-state index contributed by atoms with van der Waals surface area (Å²) in [7, 11) is 1.35. The standard InChI is InChI=1S/C25H31FN2O7/c1-4-13-33-23-15(2)34-25(31)18(28-24(30)21-22(29)19(32-3)11-12-27-21)9-6-10-20(23)35-17-8-5-7-16(26)14-17/h5,7-8,11-12,14-15,18,20,23,29H,4,6,9-10,13H2,1-3H3,(H,28,30)/t15-,18-,20-,23-/m0/s1. The SMILES string of the molecule is CCCO[C@H]1[C@H](C)OC(=O)[C@@H](NC(=O)c2nccc(OC)c2O)CCC[C@@H]1Oc1cccc(F)c1. The first-order chi connectivity index (χ1) is 16.8. The molecule has 0 spiro atoms. The van der Waals surface area contributed by atoms with Gasteiger partial charge in [0.25, 0.3) is 5.91 Å². The van der Waals surface area contributed by atoms with Gasteiger partial charge in [0.2, 0.25) is 0 Å². The zero-order chi connectivity index (χ0) is 25.4. The summed E-state index contributed by atoms with van der Waals surface area (Å²) in [5.41, 5.74) is -0.262. The van der Waals surface area contributed by atoms with E-state index in [1.165, 1.54) is 31.5 Å². The summed E-state index contributed by atoms with van der Waals surface area (Å²) >= 11 is 0. The Morgan fingerprint density at radius 2 is 2.11 bits per heavy atom. The molecule has 35 heavy (non-hydrogen) atoms. The molecule has 0 aliphatic carbocycles. The Labute approximate surface area is 203 Å². The van der Waals surface area contributed by atoms with Crippen LogP contribution in [0.3, 0.4) is 0 Å². The summed E-state index contributed by atoms with van der Waals surface area (Å²) in [6.07, 6.45) is 1.47. The number of pyridine rings is 1. The zero-order valence-electron chi connectivity index (χ0n) is 20.0. The fourth-order valence-electron chi connectivity index (χ4n) is 3.90. The number of nitrogens with zero attached hydrogens (tertiary/aromatic N) is 1. The van der Waals surface area contributed by atoms with Crippen LogP contribution in [0.1, 0.15) is 50.0 Å². The van der Waals surface area contributed by atoms with Crippen LogP contribution in [0.4, 0.5) is 4.39 Å². The van der Waals surface area contributed by atoms with Gasteiger partial charge >= 0.3 is 5.97 Å². The van der Waals surface area contributed by atoms with Crippen LogP contribution in [-0.4, -0.2) is 60.0 Å². The highest BCUT2D eigenvalue weighted by Gasteiger charge is 2.36. The molecule has 0 saturated carbocycles.